The third-order valence-electron chi connectivity index (χ3n) is 29.5. The molecule has 0 saturated heterocycles. The Labute approximate surface area is 723 Å². The van der Waals surface area contributed by atoms with E-state index in [-0.39, 0.29) is 0 Å². The van der Waals surface area contributed by atoms with Crippen LogP contribution in [-0.2, 0) is 26.2 Å². The molecule has 4 nitrogen and oxygen atoms in total. The number of unbranched alkanes of at least 4 members (excludes halogenated alkanes) is 12. The average molecular weight is 1600 g/mol. The van der Waals surface area contributed by atoms with Crippen LogP contribution < -0.4 is 0 Å². The van der Waals surface area contributed by atoms with Gasteiger partial charge in [0.15, 0.2) is 0 Å². The maximum atomic E-state index is 2.92. The van der Waals surface area contributed by atoms with E-state index in [1.165, 1.54) is 288 Å². The fourth-order valence-electron chi connectivity index (χ4n) is 23.8. The van der Waals surface area contributed by atoms with Crippen LogP contribution in [0.4, 0.5) is 0 Å². The summed E-state index contributed by atoms with van der Waals surface area (Å²) in [4.78, 5) is 0. The number of hydrogen-bond acceptors (Lipinski definition) is 0. The smallest absolute Gasteiger partial charge is 0.0614 e. The summed E-state index contributed by atoms with van der Waals surface area (Å²) in [6.07, 6.45) is 18.2. The van der Waals surface area contributed by atoms with Gasteiger partial charge in [-0.3, -0.25) is 0 Å². The predicted molar refractivity (Wildman–Crippen MR) is 537 cm³/mol. The van der Waals surface area contributed by atoms with E-state index in [0.29, 0.717) is 0 Å². The molecule has 0 aliphatic heterocycles. The summed E-state index contributed by atoms with van der Waals surface area (Å²) in [7, 11) is 0. The fraction of sp³-hybridized carbons (Fsp3) is 0.200. The van der Waals surface area contributed by atoms with Gasteiger partial charge in [-0.25, -0.2) is 0 Å². The van der Waals surface area contributed by atoms with Gasteiger partial charge < -0.3 is 18.3 Å². The molecule has 1 aliphatic rings. The van der Waals surface area contributed by atoms with Gasteiger partial charge in [0, 0.05) is 92.0 Å². The lowest BCUT2D eigenvalue weighted by Crippen LogP contribution is -2.09. The molecule has 0 spiro atoms. The first-order valence-electron chi connectivity index (χ1n) is 46.7. The van der Waals surface area contributed by atoms with Gasteiger partial charge in [0.25, 0.3) is 0 Å². The first-order chi connectivity index (χ1) is 61.4. The Morgan fingerprint density at radius 2 is 0.363 bits per heavy atom. The van der Waals surface area contributed by atoms with Crippen LogP contribution in [-0.4, -0.2) is 18.3 Å². The maximum Gasteiger partial charge on any atom is 0.0614 e. The third kappa shape index (κ3) is 11.0. The molecule has 0 radical (unpaired) electrons. The van der Waals surface area contributed by atoms with Gasteiger partial charge in [-0.2, -0.15) is 0 Å². The molecule has 1 aliphatic carbocycles. The van der Waals surface area contributed by atoms with Gasteiger partial charge in [0.05, 0.1) is 22.8 Å². The summed E-state index contributed by atoms with van der Waals surface area (Å²) in [5.41, 5.74) is 26.2. The van der Waals surface area contributed by atoms with Crippen LogP contribution in [0, 0.1) is 0 Å². The van der Waals surface area contributed by atoms with Crippen molar-refractivity contribution in [3.63, 3.8) is 0 Å². The molecule has 25 rings (SSSR count). The van der Waals surface area contributed by atoms with Gasteiger partial charge in [-0.1, -0.05) is 347 Å². The van der Waals surface area contributed by atoms with Gasteiger partial charge in [-0.15, -0.1) is 0 Å². The molecule has 0 N–H and O–H groups in total. The summed E-state index contributed by atoms with van der Waals surface area (Å²) in [6.45, 7) is 13.0. The molecule has 4 heterocycles. The molecule has 0 unspecified atom stereocenters. The molecule has 0 saturated carbocycles. The zero-order valence-corrected chi connectivity index (χ0v) is 71.6. The molecule has 20 aromatic carbocycles. The number of nitrogens with zero attached hydrogens (tertiary/aromatic N) is 4. The molecule has 0 atom stereocenters. The second-order valence-electron chi connectivity index (χ2n) is 36.5. The van der Waals surface area contributed by atoms with Crippen molar-refractivity contribution in [1.82, 2.24) is 18.3 Å². The summed E-state index contributed by atoms with van der Waals surface area (Å²) >= 11 is 0. The molecule has 0 fully saturated rings. The van der Waals surface area contributed by atoms with E-state index in [0.717, 1.165) is 103 Å². The predicted octanol–water partition coefficient (Wildman–Crippen LogP) is 35.1. The minimum atomic E-state index is 0.872. The van der Waals surface area contributed by atoms with Crippen molar-refractivity contribution >= 4 is 173 Å². The summed E-state index contributed by atoms with van der Waals surface area (Å²) in [5.74, 6) is 0. The largest absolute Gasteiger partial charge is 0.340 e. The van der Waals surface area contributed by atoms with E-state index in [4.69, 9.17) is 0 Å². The minimum Gasteiger partial charge on any atom is -0.340 e. The number of fused-ring (bicyclic) bond motifs is 16. The Morgan fingerprint density at radius 1 is 0.169 bits per heavy atom. The zero-order valence-electron chi connectivity index (χ0n) is 71.6. The topological polar surface area (TPSA) is 19.7 Å². The maximum absolute atomic E-state index is 2.92. The molecule has 24 aromatic rings. The first kappa shape index (κ1) is 73.4. The van der Waals surface area contributed by atoms with Crippen molar-refractivity contribution in [2.24, 2.45) is 0 Å². The number of aromatic nitrogens is 4. The second-order valence-corrected chi connectivity index (χ2v) is 36.5. The Kier molecular flexibility index (Phi) is 17.3. The lowest BCUT2D eigenvalue weighted by Gasteiger charge is -2.23. The highest BCUT2D eigenvalue weighted by atomic mass is 15.1. The molecule has 4 heteroatoms. The number of benzene rings is 20. The normalized spacial score (nSPS) is 12.7. The number of rotatable bonds is 24. The quantitative estimate of drug-likeness (QED) is 0.0424. The first-order valence-corrected chi connectivity index (χ1v) is 46.7. The number of aryl methyl sites for hydroxylation is 4. The van der Waals surface area contributed by atoms with Crippen LogP contribution in [0.1, 0.15) is 130 Å². The average Bonchev–Trinajstić information content (AvgIpc) is 1.51. The Morgan fingerprint density at radius 3 is 0.573 bits per heavy atom. The fourth-order valence-corrected chi connectivity index (χ4v) is 23.8. The minimum absolute atomic E-state index is 0.872. The lowest BCUT2D eigenvalue weighted by atomic mass is 9.86. The Hall–Kier alpha value is -13.3. The van der Waals surface area contributed by atoms with Crippen molar-refractivity contribution in [3.05, 3.63) is 291 Å². The van der Waals surface area contributed by atoms with Crippen LogP contribution in [0.5, 0.6) is 0 Å². The lowest BCUT2D eigenvalue weighted by molar-refractivity contribution is 0.591. The monoisotopic (exact) mass is 1600 g/mol. The van der Waals surface area contributed by atoms with E-state index in [1.807, 2.05) is 0 Å². The van der Waals surface area contributed by atoms with Crippen molar-refractivity contribution in [2.45, 2.75) is 157 Å². The van der Waals surface area contributed by atoms with E-state index in [1.54, 1.807) is 0 Å². The molecule has 0 bridgehead atoms. The Bertz CT molecular complexity index is 7350. The second kappa shape index (κ2) is 29.2. The van der Waals surface area contributed by atoms with Gasteiger partial charge in [0.1, 0.15) is 0 Å². The van der Waals surface area contributed by atoms with Crippen LogP contribution in [0.15, 0.2) is 291 Å². The molecule has 124 heavy (non-hydrogen) atoms. The molecule has 4 aromatic heterocycles. The van der Waals surface area contributed by atoms with Crippen LogP contribution >= 0.6 is 0 Å². The zero-order chi connectivity index (χ0) is 82.1. The van der Waals surface area contributed by atoms with E-state index >= 15 is 0 Å². The molecular weight excluding hydrogens is 1500 g/mol. The van der Waals surface area contributed by atoms with Gasteiger partial charge in [-0.05, 0) is 248 Å². The van der Waals surface area contributed by atoms with E-state index in [2.05, 4.69) is 337 Å². The number of hydrogen-bond donors (Lipinski definition) is 0. The summed E-state index contributed by atoms with van der Waals surface area (Å²) < 4.78 is 11.7. The highest BCUT2D eigenvalue weighted by Gasteiger charge is 2.40. The standard InChI is InChI=1S/C120H100N4/c1-5-9-13-17-65-121-101-61-49-85(89-53-41-81-37-33-73-25-21-29-77-45-57-93(89)109(81)105(73)77)69-97(101)113-117(121)114-98-70-86(90-54-42-82-38-34-74-26-22-30-78-46-58-94(90)110(82)106(74)78)50-62-102(98)122(66-18-14-10-6-2)119(114)116-100-72-88(92-56-44-84-40-36-76-28-24-32-80-48-60-96(92)112(84)108(76)80)52-64-104(100)124(68-20-16-12-8-4)120(116)115-99-71-87(51-63-103(99)123(118(113)115)67-19-15-11-7-3)91-55-43-83-39-35-75-27-23-31-79-47-59-95(91)111(83)107(75)79/h21-64,69-72H,5-20,65-68H2,1-4H3. The van der Waals surface area contributed by atoms with Crippen molar-refractivity contribution in [2.75, 3.05) is 0 Å². The molecular formula is C120H100N4. The van der Waals surface area contributed by atoms with Crippen molar-refractivity contribution in [1.29, 1.82) is 0 Å². The van der Waals surface area contributed by atoms with Crippen LogP contribution in [0.3, 0.4) is 0 Å². The van der Waals surface area contributed by atoms with E-state index < -0.39 is 0 Å². The van der Waals surface area contributed by atoms with Crippen molar-refractivity contribution in [3.8, 4) is 89.5 Å². The summed E-state index contributed by atoms with van der Waals surface area (Å²) in [5, 5.41) is 36.8. The van der Waals surface area contributed by atoms with Crippen molar-refractivity contribution < 1.29 is 0 Å². The highest BCUT2D eigenvalue weighted by Crippen LogP contribution is 2.61. The van der Waals surface area contributed by atoms with Crippen LogP contribution in [0.2, 0.25) is 0 Å². The Balaban J connectivity index is 0.877. The van der Waals surface area contributed by atoms with Crippen LogP contribution in [0.25, 0.3) is 262 Å². The SMILES string of the molecule is CCCCCCn1c2c(c3cc(-c4ccc5ccc6cccc7ccc4c5c67)ccc31)-c1c(c3cc(-c4ccc5ccc6cccc7ccc4c5c67)ccc3n1CCCCCC)-c1c(c3cc(-c4ccc5ccc6cccc7ccc4c5c67)ccc3n1CCCCCC)-c1c-2c2cc(-c3ccc4ccc5cccc6ccc3c4c56)ccc2n1CCCCCC. The highest BCUT2D eigenvalue weighted by molar-refractivity contribution is 6.32. The van der Waals surface area contributed by atoms with Gasteiger partial charge >= 0.3 is 0 Å². The molecule has 600 valence electrons. The van der Waals surface area contributed by atoms with E-state index in [9.17, 15) is 0 Å². The third-order valence-corrected chi connectivity index (χ3v) is 29.5. The summed E-state index contributed by atoms with van der Waals surface area (Å²) in [6, 6.07) is 116. The van der Waals surface area contributed by atoms with Gasteiger partial charge in [0.2, 0.25) is 0 Å². The molecule has 0 amide bonds.